The van der Waals surface area contributed by atoms with E-state index in [1.54, 1.807) is 6.26 Å². The highest BCUT2D eigenvalue weighted by Gasteiger charge is 2.11. The lowest BCUT2D eigenvalue weighted by atomic mass is 10.3. The third-order valence-electron chi connectivity index (χ3n) is 1.22. The van der Waals surface area contributed by atoms with Gasteiger partial charge in [0.15, 0.2) is 0 Å². The first-order chi connectivity index (χ1) is 4.47. The van der Waals surface area contributed by atoms with Crippen LogP contribution in [0.15, 0.2) is 29.7 Å². The first-order valence-corrected chi connectivity index (χ1v) is 2.72. The number of rotatable bonds is 0. The molecule has 0 aromatic heterocycles. The van der Waals surface area contributed by atoms with Crippen molar-refractivity contribution in [1.82, 2.24) is 0 Å². The Bertz CT molecular complexity index is 211. The van der Waals surface area contributed by atoms with Crippen LogP contribution >= 0.6 is 0 Å². The monoisotopic (exact) mass is 121 g/mol. The molecule has 0 aromatic rings. The van der Waals surface area contributed by atoms with Crippen LogP contribution in [0.2, 0.25) is 0 Å². The molecule has 1 radical (unpaired) electrons. The zero-order valence-corrected chi connectivity index (χ0v) is 4.76. The van der Waals surface area contributed by atoms with Gasteiger partial charge in [-0.3, -0.25) is 0 Å². The molecule has 1 aliphatic heterocycles. The SMILES string of the molecule is [C]1=C2OCOC=C2C=C1. The van der Waals surface area contributed by atoms with Gasteiger partial charge < -0.3 is 9.47 Å². The van der Waals surface area contributed by atoms with E-state index in [1.807, 2.05) is 12.2 Å². The van der Waals surface area contributed by atoms with E-state index in [-0.39, 0.29) is 0 Å². The summed E-state index contributed by atoms with van der Waals surface area (Å²) in [4.78, 5) is 0. The van der Waals surface area contributed by atoms with Crippen LogP contribution in [0, 0.1) is 6.08 Å². The van der Waals surface area contributed by atoms with Crippen molar-refractivity contribution in [1.29, 1.82) is 0 Å². The lowest BCUT2D eigenvalue weighted by molar-refractivity contribution is 0.0166. The molecule has 1 aliphatic carbocycles. The Kier molecular flexibility index (Phi) is 0.859. The number of ether oxygens (including phenoxy) is 2. The van der Waals surface area contributed by atoms with E-state index in [9.17, 15) is 0 Å². The van der Waals surface area contributed by atoms with Gasteiger partial charge >= 0.3 is 0 Å². The van der Waals surface area contributed by atoms with Crippen LogP contribution in [0.4, 0.5) is 0 Å². The smallest absolute Gasteiger partial charge is 0.230 e. The summed E-state index contributed by atoms with van der Waals surface area (Å²) in [5.74, 6) is 0.793. The minimum Gasteiger partial charge on any atom is -0.464 e. The minimum atomic E-state index is 0.313. The molecular formula is C7H5O2. The highest BCUT2D eigenvalue weighted by Crippen LogP contribution is 2.21. The Balaban J connectivity index is 2.38. The molecule has 0 spiro atoms. The number of hydrogen-bond donors (Lipinski definition) is 0. The van der Waals surface area contributed by atoms with E-state index in [1.165, 1.54) is 0 Å². The highest BCUT2D eigenvalue weighted by molar-refractivity contribution is 5.41. The molecule has 2 aliphatic rings. The first kappa shape index (κ1) is 4.68. The van der Waals surface area contributed by atoms with Crippen molar-refractivity contribution in [2.24, 2.45) is 0 Å². The minimum absolute atomic E-state index is 0.313. The summed E-state index contributed by atoms with van der Waals surface area (Å²) < 4.78 is 9.94. The summed E-state index contributed by atoms with van der Waals surface area (Å²) in [7, 11) is 0. The summed E-state index contributed by atoms with van der Waals surface area (Å²) in [6.07, 6.45) is 8.31. The Morgan fingerprint density at radius 3 is 3.44 bits per heavy atom. The molecule has 0 bridgehead atoms. The topological polar surface area (TPSA) is 18.5 Å². The summed E-state index contributed by atoms with van der Waals surface area (Å²) in [6.45, 7) is 0.313. The van der Waals surface area contributed by atoms with Crippen LogP contribution < -0.4 is 0 Å². The molecule has 0 saturated heterocycles. The Morgan fingerprint density at radius 2 is 2.56 bits per heavy atom. The van der Waals surface area contributed by atoms with E-state index in [0.29, 0.717) is 6.79 Å². The zero-order chi connectivity index (χ0) is 6.10. The second-order valence-electron chi connectivity index (χ2n) is 1.81. The van der Waals surface area contributed by atoms with E-state index < -0.39 is 0 Å². The van der Waals surface area contributed by atoms with Crippen LogP contribution in [-0.4, -0.2) is 6.79 Å². The summed E-state index contributed by atoms with van der Waals surface area (Å²) >= 11 is 0. The summed E-state index contributed by atoms with van der Waals surface area (Å²) in [5.41, 5.74) is 0.973. The summed E-state index contributed by atoms with van der Waals surface area (Å²) in [6, 6.07) is 0. The molecule has 2 heteroatoms. The predicted octanol–water partition coefficient (Wildman–Crippen LogP) is 1.13. The molecule has 0 aromatic carbocycles. The van der Waals surface area contributed by atoms with Crippen molar-refractivity contribution in [3.8, 4) is 0 Å². The van der Waals surface area contributed by atoms with Crippen molar-refractivity contribution in [2.45, 2.75) is 0 Å². The largest absolute Gasteiger partial charge is 0.464 e. The molecule has 0 saturated carbocycles. The van der Waals surface area contributed by atoms with Gasteiger partial charge in [-0.25, -0.2) is 0 Å². The van der Waals surface area contributed by atoms with Crippen LogP contribution in [0.25, 0.3) is 0 Å². The molecule has 0 unspecified atom stereocenters. The molecule has 0 amide bonds. The van der Waals surface area contributed by atoms with Crippen LogP contribution in [0.5, 0.6) is 0 Å². The highest BCUT2D eigenvalue weighted by atomic mass is 16.7. The van der Waals surface area contributed by atoms with Gasteiger partial charge in [-0.2, -0.15) is 0 Å². The maximum absolute atomic E-state index is 5.05. The molecular weight excluding hydrogens is 116 g/mol. The van der Waals surface area contributed by atoms with E-state index in [2.05, 4.69) is 6.08 Å². The third-order valence-corrected chi connectivity index (χ3v) is 1.22. The molecule has 2 rings (SSSR count). The molecule has 0 fully saturated rings. The normalized spacial score (nSPS) is 21.3. The third kappa shape index (κ3) is 0.633. The average molecular weight is 121 g/mol. The van der Waals surface area contributed by atoms with E-state index >= 15 is 0 Å². The van der Waals surface area contributed by atoms with Gasteiger partial charge in [-0.15, -0.1) is 0 Å². The van der Waals surface area contributed by atoms with Gasteiger partial charge in [-0.1, -0.05) is 0 Å². The fourth-order valence-corrected chi connectivity index (χ4v) is 0.801. The van der Waals surface area contributed by atoms with Gasteiger partial charge in [0, 0.05) is 6.08 Å². The van der Waals surface area contributed by atoms with Gasteiger partial charge in [0.1, 0.15) is 5.76 Å². The second-order valence-corrected chi connectivity index (χ2v) is 1.81. The van der Waals surface area contributed by atoms with Crippen molar-refractivity contribution in [3.05, 3.63) is 35.8 Å². The fourth-order valence-electron chi connectivity index (χ4n) is 0.801. The Labute approximate surface area is 53.1 Å². The van der Waals surface area contributed by atoms with Crippen LogP contribution in [0.1, 0.15) is 0 Å². The van der Waals surface area contributed by atoms with Gasteiger partial charge in [0.05, 0.1) is 11.8 Å². The lowest BCUT2D eigenvalue weighted by Crippen LogP contribution is -2.02. The Hall–Kier alpha value is -1.18. The van der Waals surface area contributed by atoms with Gasteiger partial charge in [-0.05, 0) is 12.2 Å². The quantitative estimate of drug-likeness (QED) is 0.478. The predicted molar refractivity (Wildman–Crippen MR) is 31.0 cm³/mol. The molecule has 2 nitrogen and oxygen atoms in total. The van der Waals surface area contributed by atoms with Crippen molar-refractivity contribution in [2.75, 3.05) is 6.79 Å². The molecule has 1 heterocycles. The standard InChI is InChI=1S/C7H5O2/c1-2-6-4-8-5-9-7(6)3-1/h1-2,4H,5H2. The lowest BCUT2D eigenvalue weighted by Gasteiger charge is -2.12. The van der Waals surface area contributed by atoms with Crippen LogP contribution in [-0.2, 0) is 9.47 Å². The molecule has 45 valence electrons. The zero-order valence-electron chi connectivity index (χ0n) is 4.76. The number of fused-ring (bicyclic) bond motifs is 1. The first-order valence-electron chi connectivity index (χ1n) is 2.72. The summed E-state index contributed by atoms with van der Waals surface area (Å²) in [5, 5.41) is 0. The molecule has 0 N–H and O–H groups in total. The molecule has 0 atom stereocenters. The van der Waals surface area contributed by atoms with Gasteiger partial charge in [0.25, 0.3) is 0 Å². The van der Waals surface area contributed by atoms with E-state index in [0.717, 1.165) is 11.3 Å². The van der Waals surface area contributed by atoms with Gasteiger partial charge in [0.2, 0.25) is 6.79 Å². The second kappa shape index (κ2) is 1.65. The fraction of sp³-hybridized carbons (Fsp3) is 0.143. The van der Waals surface area contributed by atoms with E-state index in [4.69, 9.17) is 9.47 Å². The Morgan fingerprint density at radius 1 is 1.56 bits per heavy atom. The average Bonchev–Trinajstić information content (AvgIpc) is 2.33. The van der Waals surface area contributed by atoms with Crippen molar-refractivity contribution in [3.63, 3.8) is 0 Å². The number of hydrogen-bond acceptors (Lipinski definition) is 2. The maximum atomic E-state index is 5.05. The number of allylic oxidation sites excluding steroid dienone is 3. The van der Waals surface area contributed by atoms with Crippen molar-refractivity contribution < 1.29 is 9.47 Å². The van der Waals surface area contributed by atoms with Crippen LogP contribution in [0.3, 0.4) is 0 Å². The van der Waals surface area contributed by atoms with Crippen molar-refractivity contribution >= 4 is 0 Å². The molecule has 9 heavy (non-hydrogen) atoms. The maximum Gasteiger partial charge on any atom is 0.230 e.